The van der Waals surface area contributed by atoms with Crippen LogP contribution in [-0.4, -0.2) is 29.1 Å². The van der Waals surface area contributed by atoms with Crippen molar-refractivity contribution >= 4 is 5.91 Å². The third-order valence-corrected chi connectivity index (χ3v) is 9.19. The van der Waals surface area contributed by atoms with Crippen LogP contribution in [0.15, 0.2) is 12.1 Å². The summed E-state index contributed by atoms with van der Waals surface area (Å²) in [6.45, 7) is 11.7. The number of hydrogen-bond acceptors (Lipinski definition) is 3. The van der Waals surface area contributed by atoms with Crippen LogP contribution < -0.4 is 5.48 Å². The summed E-state index contributed by atoms with van der Waals surface area (Å²) in [4.78, 5) is 14.2. The number of nitrogens with zero attached hydrogens (tertiary/aromatic N) is 1. The topological polar surface area (TPSA) is 52.6 Å². The van der Waals surface area contributed by atoms with Gasteiger partial charge in [-0.1, -0.05) is 27.7 Å². The van der Waals surface area contributed by atoms with E-state index in [2.05, 4.69) is 18.7 Å². The normalized spacial score (nSPS) is 43.6. The van der Waals surface area contributed by atoms with Gasteiger partial charge in [0.2, 0.25) is 0 Å². The summed E-state index contributed by atoms with van der Waals surface area (Å²) in [7, 11) is 0. The molecule has 2 N–H and O–H groups in total. The zero-order valence-corrected chi connectivity index (χ0v) is 17.2. The minimum absolute atomic E-state index is 0.194. The van der Waals surface area contributed by atoms with Gasteiger partial charge in [-0.05, 0) is 76.5 Å². The van der Waals surface area contributed by atoms with Crippen LogP contribution in [0.3, 0.4) is 0 Å². The van der Waals surface area contributed by atoms with Gasteiger partial charge in [0.05, 0.1) is 0 Å². The Balaban J connectivity index is 0.000000829. The van der Waals surface area contributed by atoms with Crippen molar-refractivity contribution in [3.8, 4) is 0 Å². The van der Waals surface area contributed by atoms with E-state index in [1.165, 1.54) is 6.07 Å². The highest BCUT2D eigenvalue weighted by molar-refractivity contribution is 5.93. The molecule has 28 heavy (non-hydrogen) atoms. The Bertz CT molecular complexity index is 828. The molecule has 6 rings (SSSR count). The number of nitrogens with one attached hydrogen (secondary N) is 1. The van der Waals surface area contributed by atoms with Crippen molar-refractivity contribution in [1.82, 2.24) is 10.4 Å². The van der Waals surface area contributed by atoms with Gasteiger partial charge in [0, 0.05) is 25.2 Å². The maximum Gasteiger partial charge on any atom is 0.274 e. The number of benzene rings is 1. The third-order valence-electron chi connectivity index (χ3n) is 9.19. The van der Waals surface area contributed by atoms with E-state index in [9.17, 15) is 9.18 Å². The quantitative estimate of drug-likeness (QED) is 0.615. The van der Waals surface area contributed by atoms with Gasteiger partial charge in [-0.2, -0.15) is 0 Å². The minimum Gasteiger partial charge on any atom is -0.298 e. The number of amides is 1. The Hall–Kier alpha value is -1.46. The Morgan fingerprint density at radius 1 is 1.25 bits per heavy atom. The van der Waals surface area contributed by atoms with Crippen LogP contribution in [0.2, 0.25) is 0 Å². The molecule has 0 radical (unpaired) electrons. The molecule has 1 amide bonds. The van der Waals surface area contributed by atoms with Crippen molar-refractivity contribution in [3.63, 3.8) is 0 Å². The molecule has 8 atom stereocenters. The molecular weight excluding hydrogens is 355 g/mol. The van der Waals surface area contributed by atoms with Crippen molar-refractivity contribution in [2.75, 3.05) is 13.1 Å². The Morgan fingerprint density at radius 3 is 2.64 bits per heavy atom. The van der Waals surface area contributed by atoms with Gasteiger partial charge in [-0.15, -0.1) is 0 Å². The summed E-state index contributed by atoms with van der Waals surface area (Å²) in [6, 6.07) is 2.98. The number of fused-ring (bicyclic) bond motifs is 3. The standard InChI is InChI=1S/C21H25FN2O2.C2H6/c1-9-15-16-10(2)21(18(9)17(15)19(16)21)8-24-4-3-13-12(7-24)5-11(6-14(13)22)20(25)23-26;1-2/h5-6,9-10,15-19,26H,3-4,7-8H2,1-2H3,(H,23,25);1-2H3. The van der Waals surface area contributed by atoms with Crippen molar-refractivity contribution < 1.29 is 14.4 Å². The van der Waals surface area contributed by atoms with Crippen LogP contribution in [0.4, 0.5) is 4.39 Å². The molecule has 1 aromatic rings. The molecule has 4 fully saturated rings. The molecule has 0 bridgehead atoms. The Labute approximate surface area is 166 Å². The Kier molecular flexibility index (Phi) is 3.99. The first-order valence-electron chi connectivity index (χ1n) is 11.0. The number of carbonyl (C=O) groups excluding carboxylic acids is 1. The highest BCUT2D eigenvalue weighted by Gasteiger charge is 2.91. The maximum atomic E-state index is 14.4. The largest absolute Gasteiger partial charge is 0.298 e. The van der Waals surface area contributed by atoms with Crippen LogP contribution in [-0.2, 0) is 13.0 Å². The fraction of sp³-hybridized carbons (Fsp3) is 0.696. The smallest absolute Gasteiger partial charge is 0.274 e. The van der Waals surface area contributed by atoms with Gasteiger partial charge in [0.15, 0.2) is 0 Å². The molecule has 5 heteroatoms. The lowest BCUT2D eigenvalue weighted by molar-refractivity contribution is -0.486. The second-order valence-corrected chi connectivity index (χ2v) is 9.54. The minimum atomic E-state index is -0.650. The summed E-state index contributed by atoms with van der Waals surface area (Å²) in [5, 5.41) is 8.85. The summed E-state index contributed by atoms with van der Waals surface area (Å²) in [5.74, 6) is 5.69. The summed E-state index contributed by atoms with van der Waals surface area (Å²) >= 11 is 0. The first kappa shape index (κ1) is 18.6. The van der Waals surface area contributed by atoms with E-state index in [1.54, 1.807) is 11.5 Å². The van der Waals surface area contributed by atoms with Crippen molar-refractivity contribution in [3.05, 3.63) is 34.6 Å². The highest BCUT2D eigenvalue weighted by atomic mass is 19.1. The van der Waals surface area contributed by atoms with Crippen molar-refractivity contribution in [2.45, 2.75) is 40.7 Å². The first-order valence-corrected chi connectivity index (χ1v) is 11.0. The zero-order valence-electron chi connectivity index (χ0n) is 17.2. The zero-order chi connectivity index (χ0) is 20.0. The number of rotatable bonds is 3. The highest BCUT2D eigenvalue weighted by Crippen LogP contribution is 2.93. The van der Waals surface area contributed by atoms with Crippen LogP contribution >= 0.6 is 0 Å². The van der Waals surface area contributed by atoms with E-state index in [0.29, 0.717) is 18.4 Å². The van der Waals surface area contributed by atoms with Gasteiger partial charge < -0.3 is 0 Å². The second-order valence-electron chi connectivity index (χ2n) is 9.54. The predicted molar refractivity (Wildman–Crippen MR) is 104 cm³/mol. The molecule has 1 aliphatic heterocycles. The first-order chi connectivity index (χ1) is 13.5. The predicted octanol–water partition coefficient (Wildman–Crippen LogP) is 3.72. The van der Waals surface area contributed by atoms with E-state index < -0.39 is 5.91 Å². The van der Waals surface area contributed by atoms with Crippen LogP contribution in [0, 0.1) is 52.7 Å². The molecule has 0 aromatic heterocycles. The molecule has 8 unspecified atom stereocenters. The van der Waals surface area contributed by atoms with E-state index in [1.807, 2.05) is 13.8 Å². The molecule has 5 aliphatic rings. The summed E-state index contributed by atoms with van der Waals surface area (Å²) in [6.07, 6.45) is 0.701. The SMILES string of the molecule is CC.CC1C2C3C(C)C4(CN5CCc6c(F)cc(C(=O)NO)cc6C5)C1C2C34. The average Bonchev–Trinajstić information content (AvgIpc) is 2.69. The molecule has 0 saturated heterocycles. The van der Waals surface area contributed by atoms with Gasteiger partial charge >= 0.3 is 0 Å². The van der Waals surface area contributed by atoms with E-state index in [-0.39, 0.29) is 11.4 Å². The molecule has 4 aliphatic carbocycles. The third kappa shape index (κ3) is 1.90. The fourth-order valence-corrected chi connectivity index (χ4v) is 8.39. The molecule has 1 heterocycles. The van der Waals surface area contributed by atoms with Crippen molar-refractivity contribution in [2.24, 2.45) is 46.8 Å². The van der Waals surface area contributed by atoms with Gasteiger partial charge in [0.1, 0.15) is 5.82 Å². The van der Waals surface area contributed by atoms with Crippen LogP contribution in [0.25, 0.3) is 0 Å². The molecular formula is C23H31FN2O2. The van der Waals surface area contributed by atoms with E-state index in [0.717, 1.165) is 65.6 Å². The maximum absolute atomic E-state index is 14.4. The van der Waals surface area contributed by atoms with Crippen LogP contribution in [0.1, 0.15) is 49.2 Å². The molecule has 4 nitrogen and oxygen atoms in total. The average molecular weight is 387 g/mol. The second kappa shape index (κ2) is 6.02. The summed E-state index contributed by atoms with van der Waals surface area (Å²) < 4.78 is 14.4. The molecule has 1 aromatic carbocycles. The lowest BCUT2D eigenvalue weighted by Gasteiger charge is -2.95. The lowest BCUT2D eigenvalue weighted by atomic mass is 9.09. The van der Waals surface area contributed by atoms with Gasteiger partial charge in [-0.25, -0.2) is 9.87 Å². The molecule has 152 valence electrons. The fourth-order valence-electron chi connectivity index (χ4n) is 8.39. The number of hydrogen-bond donors (Lipinski definition) is 2. The van der Waals surface area contributed by atoms with Crippen LogP contribution in [0.5, 0.6) is 0 Å². The molecule has 4 saturated carbocycles. The number of halogens is 1. The van der Waals surface area contributed by atoms with E-state index in [4.69, 9.17) is 5.21 Å². The molecule has 0 spiro atoms. The Morgan fingerprint density at radius 2 is 2.00 bits per heavy atom. The van der Waals surface area contributed by atoms with E-state index >= 15 is 0 Å². The monoisotopic (exact) mass is 386 g/mol. The van der Waals surface area contributed by atoms with Gasteiger partial charge in [-0.3, -0.25) is 14.9 Å². The lowest BCUT2D eigenvalue weighted by Crippen LogP contribution is -2.93. The van der Waals surface area contributed by atoms with Crippen molar-refractivity contribution in [1.29, 1.82) is 0 Å². The number of hydroxylamine groups is 1. The number of carbonyl (C=O) groups is 1. The summed E-state index contributed by atoms with van der Waals surface area (Å²) in [5.41, 5.74) is 3.95. The van der Waals surface area contributed by atoms with Gasteiger partial charge in [0.25, 0.3) is 5.91 Å².